The molecule has 1 aromatic heterocycles. The topological polar surface area (TPSA) is 48.3 Å². The van der Waals surface area contributed by atoms with Crippen molar-refractivity contribution < 1.29 is 9.47 Å². The van der Waals surface area contributed by atoms with Gasteiger partial charge in [0.15, 0.2) is 11.5 Å². The highest BCUT2D eigenvalue weighted by molar-refractivity contribution is 5.63. The lowest BCUT2D eigenvalue weighted by Gasteiger charge is -2.06. The number of benzene rings is 1. The lowest BCUT2D eigenvalue weighted by atomic mass is 10.2. The van der Waals surface area contributed by atoms with Gasteiger partial charge >= 0.3 is 0 Å². The number of nitrogens with one attached hydrogen (secondary N) is 1. The summed E-state index contributed by atoms with van der Waals surface area (Å²) in [6.07, 6.45) is 0. The Balaban J connectivity index is 2.05. The molecule has 5 nitrogen and oxygen atoms in total. The van der Waals surface area contributed by atoms with Gasteiger partial charge in [0.1, 0.15) is 5.82 Å². The van der Waals surface area contributed by atoms with E-state index in [1.54, 1.807) is 0 Å². The van der Waals surface area contributed by atoms with Crippen molar-refractivity contribution in [2.45, 2.75) is 13.5 Å². The number of hydrogen-bond donors (Lipinski definition) is 1. The van der Waals surface area contributed by atoms with Crippen molar-refractivity contribution in [3.05, 3.63) is 29.6 Å². The molecule has 1 aliphatic heterocycles. The van der Waals surface area contributed by atoms with Gasteiger partial charge in [-0.05, 0) is 32.2 Å². The number of nitrogens with zero attached hydrogens (tertiary/aromatic N) is 2. The van der Waals surface area contributed by atoms with E-state index in [2.05, 4.69) is 14.9 Å². The molecule has 0 bridgehead atoms. The predicted molar refractivity (Wildman–Crippen MR) is 72.3 cm³/mol. The maximum atomic E-state index is 5.41. The van der Waals surface area contributed by atoms with E-state index in [1.165, 1.54) is 5.69 Å². The predicted octanol–water partition coefficient (Wildman–Crippen LogP) is 1.84. The molecule has 3 rings (SSSR count). The molecule has 0 atom stereocenters. The lowest BCUT2D eigenvalue weighted by molar-refractivity contribution is 0.174. The minimum Gasteiger partial charge on any atom is -0.454 e. The van der Waals surface area contributed by atoms with Gasteiger partial charge in [-0.1, -0.05) is 0 Å². The monoisotopic (exact) mass is 259 g/mol. The molecule has 100 valence electrons. The van der Waals surface area contributed by atoms with E-state index >= 15 is 0 Å². The quantitative estimate of drug-likeness (QED) is 0.913. The van der Waals surface area contributed by atoms with Crippen molar-refractivity contribution in [3.63, 3.8) is 0 Å². The molecule has 0 aliphatic carbocycles. The molecule has 1 aliphatic rings. The van der Waals surface area contributed by atoms with Gasteiger partial charge < -0.3 is 19.4 Å². The van der Waals surface area contributed by atoms with E-state index < -0.39 is 0 Å². The van der Waals surface area contributed by atoms with E-state index in [9.17, 15) is 0 Å². The van der Waals surface area contributed by atoms with Gasteiger partial charge in [0.2, 0.25) is 6.79 Å². The highest BCUT2D eigenvalue weighted by Crippen LogP contribution is 2.35. The van der Waals surface area contributed by atoms with Crippen molar-refractivity contribution in [1.82, 2.24) is 14.9 Å². The van der Waals surface area contributed by atoms with Crippen LogP contribution in [0.5, 0.6) is 11.5 Å². The molecule has 5 heteroatoms. The average Bonchev–Trinajstić information content (AvgIpc) is 2.97. The number of aryl methyl sites for hydroxylation is 1. The number of aromatic nitrogens is 2. The molecule has 2 aromatic rings. The first-order valence-electron chi connectivity index (χ1n) is 6.27. The van der Waals surface area contributed by atoms with E-state index in [4.69, 9.17) is 9.47 Å². The van der Waals surface area contributed by atoms with Crippen molar-refractivity contribution in [1.29, 1.82) is 0 Å². The summed E-state index contributed by atoms with van der Waals surface area (Å²) in [5, 5.41) is 3.17. The van der Waals surface area contributed by atoms with Crippen LogP contribution in [0.1, 0.15) is 11.4 Å². The third kappa shape index (κ3) is 1.96. The largest absolute Gasteiger partial charge is 0.454 e. The summed E-state index contributed by atoms with van der Waals surface area (Å²) in [5.74, 6) is 2.53. The summed E-state index contributed by atoms with van der Waals surface area (Å²) < 4.78 is 12.9. The summed E-state index contributed by atoms with van der Waals surface area (Å²) in [4.78, 5) is 4.65. The second kappa shape index (κ2) is 4.59. The first kappa shape index (κ1) is 12.0. The van der Waals surface area contributed by atoms with E-state index in [-0.39, 0.29) is 0 Å². The molecule has 0 saturated carbocycles. The fourth-order valence-electron chi connectivity index (χ4n) is 2.38. The Kier molecular flexibility index (Phi) is 2.91. The Morgan fingerprint density at radius 1 is 1.32 bits per heavy atom. The zero-order chi connectivity index (χ0) is 13.4. The van der Waals surface area contributed by atoms with Crippen LogP contribution in [0, 0.1) is 6.92 Å². The second-order valence-corrected chi connectivity index (χ2v) is 4.62. The molecular formula is C14H17N3O2. The van der Waals surface area contributed by atoms with Crippen LogP contribution in [-0.4, -0.2) is 23.4 Å². The van der Waals surface area contributed by atoms with E-state index in [0.717, 1.165) is 35.1 Å². The molecule has 0 spiro atoms. The van der Waals surface area contributed by atoms with Crippen molar-refractivity contribution in [2.24, 2.45) is 7.05 Å². The van der Waals surface area contributed by atoms with Gasteiger partial charge in [-0.25, -0.2) is 4.98 Å². The standard InChI is InChI=1S/C14H17N3O2/c1-9-11(7-15-2)17(3)14(16-9)10-4-5-12-13(6-10)19-8-18-12/h4-6,15H,7-8H2,1-3H3. The van der Waals surface area contributed by atoms with Crippen LogP contribution in [-0.2, 0) is 13.6 Å². The molecule has 0 fully saturated rings. The molecule has 0 saturated heterocycles. The minimum atomic E-state index is 0.295. The summed E-state index contributed by atoms with van der Waals surface area (Å²) >= 11 is 0. The summed E-state index contributed by atoms with van der Waals surface area (Å²) in [6.45, 7) is 3.13. The SMILES string of the molecule is CNCc1c(C)nc(-c2ccc3c(c2)OCO3)n1C. The Bertz CT molecular complexity index is 619. The maximum Gasteiger partial charge on any atom is 0.231 e. The van der Waals surface area contributed by atoms with Gasteiger partial charge in [0.05, 0.1) is 11.4 Å². The number of hydrogen-bond acceptors (Lipinski definition) is 4. The van der Waals surface area contributed by atoms with E-state index in [1.807, 2.05) is 39.2 Å². The van der Waals surface area contributed by atoms with Crippen molar-refractivity contribution in [2.75, 3.05) is 13.8 Å². The van der Waals surface area contributed by atoms with Gasteiger partial charge in [-0.2, -0.15) is 0 Å². The van der Waals surface area contributed by atoms with Gasteiger partial charge in [0, 0.05) is 19.2 Å². The normalized spacial score (nSPS) is 13.0. The van der Waals surface area contributed by atoms with Crippen LogP contribution >= 0.6 is 0 Å². The third-order valence-electron chi connectivity index (χ3n) is 3.39. The Morgan fingerprint density at radius 3 is 2.89 bits per heavy atom. The lowest BCUT2D eigenvalue weighted by Crippen LogP contribution is -2.10. The Labute approximate surface area is 112 Å². The average molecular weight is 259 g/mol. The van der Waals surface area contributed by atoms with Gasteiger partial charge in [0.25, 0.3) is 0 Å². The minimum absolute atomic E-state index is 0.295. The van der Waals surface area contributed by atoms with E-state index in [0.29, 0.717) is 6.79 Å². The van der Waals surface area contributed by atoms with Crippen LogP contribution < -0.4 is 14.8 Å². The molecule has 0 unspecified atom stereocenters. The summed E-state index contributed by atoms with van der Waals surface area (Å²) in [5.41, 5.74) is 3.27. The molecule has 0 amide bonds. The second-order valence-electron chi connectivity index (χ2n) is 4.62. The first-order valence-corrected chi connectivity index (χ1v) is 6.27. The summed E-state index contributed by atoms with van der Waals surface area (Å²) in [7, 11) is 3.97. The zero-order valence-electron chi connectivity index (χ0n) is 11.4. The van der Waals surface area contributed by atoms with Crippen LogP contribution in [0.15, 0.2) is 18.2 Å². The smallest absolute Gasteiger partial charge is 0.231 e. The molecular weight excluding hydrogens is 242 g/mol. The molecule has 1 N–H and O–H groups in total. The van der Waals surface area contributed by atoms with Crippen molar-refractivity contribution in [3.8, 4) is 22.9 Å². The van der Waals surface area contributed by atoms with Crippen LogP contribution in [0.3, 0.4) is 0 Å². The maximum absolute atomic E-state index is 5.41. The molecule has 1 aromatic carbocycles. The number of rotatable bonds is 3. The van der Waals surface area contributed by atoms with Crippen LogP contribution in [0.25, 0.3) is 11.4 Å². The highest BCUT2D eigenvalue weighted by Gasteiger charge is 2.17. The highest BCUT2D eigenvalue weighted by atomic mass is 16.7. The zero-order valence-corrected chi connectivity index (χ0v) is 11.4. The third-order valence-corrected chi connectivity index (χ3v) is 3.39. The Hall–Kier alpha value is -2.01. The molecule has 19 heavy (non-hydrogen) atoms. The summed E-state index contributed by atoms with van der Waals surface area (Å²) in [6, 6.07) is 5.92. The van der Waals surface area contributed by atoms with Crippen molar-refractivity contribution >= 4 is 0 Å². The fourth-order valence-corrected chi connectivity index (χ4v) is 2.38. The van der Waals surface area contributed by atoms with Gasteiger partial charge in [-0.3, -0.25) is 0 Å². The molecule has 0 radical (unpaired) electrons. The fraction of sp³-hybridized carbons (Fsp3) is 0.357. The van der Waals surface area contributed by atoms with Crippen LogP contribution in [0.4, 0.5) is 0 Å². The first-order chi connectivity index (χ1) is 9.20. The number of ether oxygens (including phenoxy) is 2. The Morgan fingerprint density at radius 2 is 2.11 bits per heavy atom. The van der Waals surface area contributed by atoms with Crippen LogP contribution in [0.2, 0.25) is 0 Å². The van der Waals surface area contributed by atoms with Gasteiger partial charge in [-0.15, -0.1) is 0 Å². The molecule has 2 heterocycles. The number of fused-ring (bicyclic) bond motifs is 1. The number of imidazole rings is 1.